The molecule has 0 aliphatic heterocycles. The lowest BCUT2D eigenvalue weighted by Gasteiger charge is -2.17. The van der Waals surface area contributed by atoms with Crippen molar-refractivity contribution in [3.63, 3.8) is 0 Å². The number of benzene rings is 18. The Hall–Kier alpha value is -18.3. The molecule has 0 atom stereocenters. The maximum atomic E-state index is 5.59. The summed E-state index contributed by atoms with van der Waals surface area (Å²) < 4.78 is 4.78. The van der Waals surface area contributed by atoms with Gasteiger partial charge in [0.25, 0.3) is 0 Å². The Bertz CT molecular complexity index is 8290. The molecule has 134 heavy (non-hydrogen) atoms. The van der Waals surface area contributed by atoms with Gasteiger partial charge in [-0.2, -0.15) is 0 Å². The molecule has 0 fully saturated rings. The quantitative estimate of drug-likeness (QED) is 0.0769. The zero-order chi connectivity index (χ0) is 88.8. The van der Waals surface area contributed by atoms with Crippen molar-refractivity contribution >= 4 is 43.6 Å². The third kappa shape index (κ3) is 15.3. The minimum Gasteiger partial charge on any atom is -0.309 e. The fourth-order valence-electron chi connectivity index (χ4n) is 18.4. The fourth-order valence-corrected chi connectivity index (χ4v) is 18.4. The Balaban J connectivity index is 0.652. The Labute approximate surface area is 773 Å². The van der Waals surface area contributed by atoms with Crippen LogP contribution in [0.15, 0.2) is 473 Å². The summed E-state index contributed by atoms with van der Waals surface area (Å²) in [5, 5.41) is 4.38. The summed E-state index contributed by atoms with van der Waals surface area (Å²) >= 11 is 0. The summed E-state index contributed by atoms with van der Waals surface area (Å²) in [4.78, 5) is 54.1. The van der Waals surface area contributed by atoms with Gasteiger partial charge in [0.15, 0.2) is 46.6 Å². The first-order chi connectivity index (χ1) is 66.4. The smallest absolute Gasteiger partial charge is 0.166 e. The second kappa shape index (κ2) is 34.4. The number of fused-ring (bicyclic) bond motifs is 6. The molecule has 0 unspecified atom stereocenters. The molecule has 0 aliphatic carbocycles. The third-order valence-electron chi connectivity index (χ3n) is 25.1. The van der Waals surface area contributed by atoms with Crippen molar-refractivity contribution in [3.8, 4) is 203 Å². The van der Waals surface area contributed by atoms with Crippen LogP contribution in [-0.4, -0.2) is 59.0 Å². The van der Waals surface area contributed by atoms with Gasteiger partial charge in [0.05, 0.1) is 56.2 Å². The van der Waals surface area contributed by atoms with E-state index in [1.54, 1.807) is 0 Å². The van der Waals surface area contributed by atoms with Crippen LogP contribution in [0.4, 0.5) is 0 Å². The summed E-state index contributed by atoms with van der Waals surface area (Å²) in [5.41, 5.74) is 30.2. The van der Waals surface area contributed by atoms with Crippen LogP contribution in [0, 0.1) is 0 Å². The van der Waals surface area contributed by atoms with E-state index in [0.29, 0.717) is 46.6 Å². The topological polar surface area (TPSA) is 139 Å². The van der Waals surface area contributed by atoms with Crippen LogP contribution >= 0.6 is 0 Å². The minimum absolute atomic E-state index is 0.471. The lowest BCUT2D eigenvalue weighted by Crippen LogP contribution is -2.05. The molecular weight excluding hydrogens is 1630 g/mol. The van der Waals surface area contributed by atoms with E-state index in [0.717, 1.165) is 200 Å². The van der Waals surface area contributed by atoms with E-state index >= 15 is 0 Å². The molecule has 12 heteroatoms. The first kappa shape index (κ1) is 79.2. The summed E-state index contributed by atoms with van der Waals surface area (Å²) in [6.07, 6.45) is 0. The molecule has 0 spiro atoms. The maximum absolute atomic E-state index is 5.59. The Kier molecular flexibility index (Phi) is 20.3. The standard InChI is InChI=1S/C122H78N12/c1-11-33-79(34-12-1)92-57-63-109-101(73-92)102-74-95(60-66-110(102)133(109)113-67-61-96(107-77-105(82-39-17-4-18-40-82)123-115(125-107)84-43-21-6-22-44-84)75-103(113)108-78-106(83-41-19-5-20-42-83)124-116(126-108)85-45-23-7-24-46-85)90-54-31-53-89(69-90)91-55-32-56-97(70-91)120-128-117(86-47-25-8-26-48-86)129-121(130-120)98-62-68-114(104(76-98)122-131-118(87-49-27-9-28-50-87)127-119(132-122)88-51-29-10-30-52-88)134-111-64-58-93(80-35-13-2-14-36-80)71-99(111)100-72-94(59-65-112(100)134)81-37-15-3-16-38-81/h1-78H. The Morgan fingerprint density at radius 2 is 0.336 bits per heavy atom. The molecule has 18 aromatic carbocycles. The molecule has 0 amide bonds. The lowest BCUT2D eigenvalue weighted by atomic mass is 9.96. The first-order valence-electron chi connectivity index (χ1n) is 44.9. The van der Waals surface area contributed by atoms with Gasteiger partial charge in [0.2, 0.25) is 0 Å². The highest BCUT2D eigenvalue weighted by Gasteiger charge is 2.27. The number of nitrogens with zero attached hydrogens (tertiary/aromatic N) is 12. The van der Waals surface area contributed by atoms with Gasteiger partial charge in [-0.1, -0.05) is 370 Å². The van der Waals surface area contributed by atoms with Gasteiger partial charge >= 0.3 is 0 Å². The predicted molar refractivity (Wildman–Crippen MR) is 545 cm³/mol. The van der Waals surface area contributed by atoms with Crippen molar-refractivity contribution in [2.24, 2.45) is 0 Å². The second-order valence-corrected chi connectivity index (χ2v) is 33.4. The summed E-state index contributed by atoms with van der Waals surface area (Å²) in [5.74, 6) is 4.29. The zero-order valence-corrected chi connectivity index (χ0v) is 72.4. The molecule has 0 radical (unpaired) electrons. The molecule has 0 saturated carbocycles. The van der Waals surface area contributed by atoms with E-state index < -0.39 is 0 Å². The molecule has 24 rings (SSSR count). The molecule has 0 bridgehead atoms. The second-order valence-electron chi connectivity index (χ2n) is 33.4. The molecule has 0 N–H and O–H groups in total. The molecule has 626 valence electrons. The van der Waals surface area contributed by atoms with Gasteiger partial charge in [-0.25, -0.2) is 49.8 Å². The van der Waals surface area contributed by atoms with E-state index in [-0.39, 0.29) is 0 Å². The molecule has 24 aromatic rings. The number of hydrogen-bond acceptors (Lipinski definition) is 10. The Morgan fingerprint density at radius 1 is 0.119 bits per heavy atom. The van der Waals surface area contributed by atoms with Gasteiger partial charge in [0.1, 0.15) is 0 Å². The summed E-state index contributed by atoms with van der Waals surface area (Å²) in [6, 6.07) is 166. The van der Waals surface area contributed by atoms with E-state index in [9.17, 15) is 0 Å². The van der Waals surface area contributed by atoms with Crippen molar-refractivity contribution in [2.75, 3.05) is 0 Å². The van der Waals surface area contributed by atoms with Crippen molar-refractivity contribution in [1.29, 1.82) is 0 Å². The normalized spacial score (nSPS) is 11.4. The van der Waals surface area contributed by atoms with Crippen LogP contribution in [0.3, 0.4) is 0 Å². The molecular formula is C122H78N12. The van der Waals surface area contributed by atoms with Crippen molar-refractivity contribution in [1.82, 2.24) is 59.0 Å². The van der Waals surface area contributed by atoms with Gasteiger partial charge in [-0.3, -0.25) is 0 Å². The molecule has 0 aliphatic rings. The highest BCUT2D eigenvalue weighted by molar-refractivity contribution is 6.14. The van der Waals surface area contributed by atoms with Crippen LogP contribution in [-0.2, 0) is 0 Å². The number of rotatable bonds is 19. The number of hydrogen-bond donors (Lipinski definition) is 0. The highest BCUT2D eigenvalue weighted by Crippen LogP contribution is 2.46. The summed E-state index contributed by atoms with van der Waals surface area (Å²) in [6.45, 7) is 0. The van der Waals surface area contributed by atoms with Crippen molar-refractivity contribution in [2.45, 2.75) is 0 Å². The van der Waals surface area contributed by atoms with Gasteiger partial charge < -0.3 is 9.13 Å². The first-order valence-corrected chi connectivity index (χ1v) is 44.9. The van der Waals surface area contributed by atoms with Crippen LogP contribution in [0.5, 0.6) is 0 Å². The van der Waals surface area contributed by atoms with Crippen LogP contribution < -0.4 is 0 Å². The van der Waals surface area contributed by atoms with Crippen molar-refractivity contribution in [3.05, 3.63) is 473 Å². The van der Waals surface area contributed by atoms with Gasteiger partial charge in [0, 0.05) is 88.3 Å². The van der Waals surface area contributed by atoms with E-state index in [2.05, 4.69) is 355 Å². The van der Waals surface area contributed by atoms with Gasteiger partial charge in [-0.15, -0.1) is 0 Å². The van der Waals surface area contributed by atoms with Crippen LogP contribution in [0.25, 0.3) is 247 Å². The lowest BCUT2D eigenvalue weighted by molar-refractivity contribution is 1.06. The highest BCUT2D eigenvalue weighted by atomic mass is 15.1. The number of aromatic nitrogens is 12. The molecule has 6 heterocycles. The van der Waals surface area contributed by atoms with Gasteiger partial charge in [-0.05, 0) is 159 Å². The monoisotopic (exact) mass is 1710 g/mol. The van der Waals surface area contributed by atoms with E-state index in [1.807, 2.05) is 127 Å². The largest absolute Gasteiger partial charge is 0.309 e. The molecule has 12 nitrogen and oxygen atoms in total. The molecule has 6 aromatic heterocycles. The molecule has 0 saturated heterocycles. The SMILES string of the molecule is c1ccc(-c2ccc3c(c2)c2cc(-c4cccc(-c5cccc(-c6nc(-c7ccccc7)nc(-c7ccc(-n8c9ccc(-c%10ccccc%10)cc9c9cc(-c%10ccccc%10)ccc98)c(-c8nc(-c9ccccc9)nc(-c9ccccc9)n8)c7)n6)c5)c4)ccc2n3-c2ccc(-c3cc(-c4ccccc4)nc(-c4ccccc4)n3)cc2-c2cc(-c3ccccc3)nc(-c3ccccc3)n2)cc1. The van der Waals surface area contributed by atoms with E-state index in [1.165, 1.54) is 0 Å². The fraction of sp³-hybridized carbons (Fsp3) is 0. The average molecular weight is 1710 g/mol. The van der Waals surface area contributed by atoms with Crippen molar-refractivity contribution < 1.29 is 0 Å². The minimum atomic E-state index is 0.471. The van der Waals surface area contributed by atoms with Crippen LogP contribution in [0.2, 0.25) is 0 Å². The third-order valence-corrected chi connectivity index (χ3v) is 25.1. The van der Waals surface area contributed by atoms with Crippen LogP contribution in [0.1, 0.15) is 0 Å². The zero-order valence-electron chi connectivity index (χ0n) is 72.4. The predicted octanol–water partition coefficient (Wildman–Crippen LogP) is 30.2. The summed E-state index contributed by atoms with van der Waals surface area (Å²) in [7, 11) is 0. The maximum Gasteiger partial charge on any atom is 0.166 e. The average Bonchev–Trinajstić information content (AvgIpc) is 1.58. The van der Waals surface area contributed by atoms with E-state index in [4.69, 9.17) is 49.8 Å². The Morgan fingerprint density at radius 3 is 0.687 bits per heavy atom.